The number of rotatable bonds is 10. The summed E-state index contributed by atoms with van der Waals surface area (Å²) in [7, 11) is 0. The smallest absolute Gasteiger partial charge is 0.303 e. The van der Waals surface area contributed by atoms with Crippen LogP contribution in [0, 0.1) is 11.8 Å². The van der Waals surface area contributed by atoms with Crippen LogP contribution in [-0.4, -0.2) is 32.8 Å². The van der Waals surface area contributed by atoms with Crippen LogP contribution in [0.25, 0.3) is 0 Å². The summed E-state index contributed by atoms with van der Waals surface area (Å²) >= 11 is 6.54. The van der Waals surface area contributed by atoms with Crippen molar-refractivity contribution in [2.45, 2.75) is 82.3 Å². The molecule has 1 aliphatic carbocycles. The molecular weight excluding hydrogens is 364 g/mol. The lowest BCUT2D eigenvalue weighted by Gasteiger charge is -2.25. The molecule has 1 fully saturated rings. The van der Waals surface area contributed by atoms with E-state index in [2.05, 4.69) is 0 Å². The number of hydrogen-bond acceptors (Lipinski definition) is 3. The predicted octanol–water partition coefficient (Wildman–Crippen LogP) is 4.87. The normalized spacial score (nSPS) is 26.4. The molecule has 0 amide bonds. The fraction of sp³-hybridized carbons (Fsp3) is 0.682. The van der Waals surface area contributed by atoms with Crippen molar-refractivity contribution in [1.82, 2.24) is 0 Å². The molecule has 5 heteroatoms. The molecule has 4 nitrogen and oxygen atoms in total. The number of alkyl halides is 1. The summed E-state index contributed by atoms with van der Waals surface area (Å²) in [6.07, 6.45) is 4.50. The summed E-state index contributed by atoms with van der Waals surface area (Å²) in [6, 6.07) is 7.95. The molecule has 2 rings (SSSR count). The van der Waals surface area contributed by atoms with E-state index < -0.39 is 18.2 Å². The molecule has 0 heterocycles. The van der Waals surface area contributed by atoms with Crippen molar-refractivity contribution in [1.29, 1.82) is 0 Å². The molecule has 0 radical (unpaired) electrons. The summed E-state index contributed by atoms with van der Waals surface area (Å²) in [4.78, 5) is 10.6. The first-order valence-electron chi connectivity index (χ1n) is 10.1. The van der Waals surface area contributed by atoms with E-state index >= 15 is 0 Å². The zero-order valence-corrected chi connectivity index (χ0v) is 17.1. The molecule has 0 aromatic heterocycles. The van der Waals surface area contributed by atoms with Gasteiger partial charge in [0.15, 0.2) is 0 Å². The zero-order chi connectivity index (χ0) is 20.0. The van der Waals surface area contributed by atoms with Crippen LogP contribution in [0.2, 0.25) is 0 Å². The van der Waals surface area contributed by atoms with Gasteiger partial charge < -0.3 is 15.3 Å². The molecule has 0 aliphatic heterocycles. The lowest BCUT2D eigenvalue weighted by Crippen LogP contribution is -2.19. The SMILES string of the molecule is CC(C)C(O)c1ccc([C@H]2[C@@H](CCCCCCC(=O)O)[C@H](Cl)C[C@H]2O)cc1. The second-order valence-electron chi connectivity index (χ2n) is 8.21. The van der Waals surface area contributed by atoms with Gasteiger partial charge in [0.25, 0.3) is 0 Å². The summed E-state index contributed by atoms with van der Waals surface area (Å²) in [5.41, 5.74) is 1.99. The van der Waals surface area contributed by atoms with E-state index in [-0.39, 0.29) is 29.6 Å². The topological polar surface area (TPSA) is 77.8 Å². The second kappa shape index (κ2) is 10.4. The van der Waals surface area contributed by atoms with Gasteiger partial charge in [0.05, 0.1) is 12.2 Å². The number of carboxylic acids is 1. The van der Waals surface area contributed by atoms with Gasteiger partial charge in [-0.25, -0.2) is 0 Å². The Morgan fingerprint density at radius 2 is 1.78 bits per heavy atom. The number of aliphatic hydroxyl groups is 2. The monoisotopic (exact) mass is 396 g/mol. The maximum absolute atomic E-state index is 10.6. The van der Waals surface area contributed by atoms with Gasteiger partial charge >= 0.3 is 5.97 Å². The van der Waals surface area contributed by atoms with E-state index in [9.17, 15) is 15.0 Å². The Bertz CT molecular complexity index is 586. The fourth-order valence-corrected chi connectivity index (χ4v) is 4.67. The molecule has 0 spiro atoms. The first-order chi connectivity index (χ1) is 12.8. The highest BCUT2D eigenvalue weighted by atomic mass is 35.5. The average Bonchev–Trinajstić information content (AvgIpc) is 2.90. The van der Waals surface area contributed by atoms with Gasteiger partial charge in [0, 0.05) is 17.7 Å². The number of halogens is 1. The maximum Gasteiger partial charge on any atom is 0.303 e. The minimum atomic E-state index is -0.735. The van der Waals surface area contributed by atoms with Crippen LogP contribution in [0.1, 0.15) is 81.9 Å². The average molecular weight is 397 g/mol. The van der Waals surface area contributed by atoms with Gasteiger partial charge in [-0.2, -0.15) is 0 Å². The molecule has 152 valence electrons. The summed E-state index contributed by atoms with van der Waals surface area (Å²) in [5.74, 6) is -0.325. The summed E-state index contributed by atoms with van der Waals surface area (Å²) < 4.78 is 0. The highest BCUT2D eigenvalue weighted by Crippen LogP contribution is 2.45. The largest absolute Gasteiger partial charge is 0.481 e. The van der Waals surface area contributed by atoms with Crippen LogP contribution in [0.3, 0.4) is 0 Å². The Kier molecular flexibility index (Phi) is 8.59. The Morgan fingerprint density at radius 3 is 2.37 bits per heavy atom. The third kappa shape index (κ3) is 6.20. The molecule has 0 bridgehead atoms. The van der Waals surface area contributed by atoms with Gasteiger partial charge in [-0.15, -0.1) is 11.6 Å². The first-order valence-corrected chi connectivity index (χ1v) is 10.6. The van der Waals surface area contributed by atoms with Crippen molar-refractivity contribution >= 4 is 17.6 Å². The molecule has 1 aromatic rings. The van der Waals surface area contributed by atoms with Crippen molar-refractivity contribution < 1.29 is 20.1 Å². The molecule has 1 aliphatic rings. The minimum absolute atomic E-state index is 0.0248. The number of aliphatic carboxylic acids is 1. The Labute approximate surface area is 167 Å². The maximum atomic E-state index is 10.6. The third-order valence-corrected chi connectivity index (χ3v) is 6.28. The third-order valence-electron chi connectivity index (χ3n) is 5.78. The van der Waals surface area contributed by atoms with Crippen molar-refractivity contribution in [2.24, 2.45) is 11.8 Å². The molecule has 1 unspecified atom stereocenters. The van der Waals surface area contributed by atoms with Crippen LogP contribution < -0.4 is 0 Å². The van der Waals surface area contributed by atoms with Crippen molar-refractivity contribution in [3.63, 3.8) is 0 Å². The summed E-state index contributed by atoms with van der Waals surface area (Å²) in [5, 5.41) is 29.4. The Morgan fingerprint density at radius 1 is 1.15 bits per heavy atom. The lowest BCUT2D eigenvalue weighted by molar-refractivity contribution is -0.137. The fourth-order valence-electron chi connectivity index (χ4n) is 4.20. The number of carboxylic acid groups (broad SMARTS) is 1. The van der Waals surface area contributed by atoms with E-state index in [1.165, 1.54) is 0 Å². The Hall–Kier alpha value is -1.10. The van der Waals surface area contributed by atoms with E-state index in [1.54, 1.807) is 0 Å². The standard InChI is InChI=1S/C22H33ClO4/c1-14(2)22(27)16-11-9-15(10-12-16)21-17(18(23)13-19(21)24)7-5-3-4-6-8-20(25)26/h9-12,14,17-19,21-22,24,27H,3-8,13H2,1-2H3,(H,25,26)/t17-,18+,19+,21-,22?/m0/s1. The zero-order valence-electron chi connectivity index (χ0n) is 16.4. The highest BCUT2D eigenvalue weighted by Gasteiger charge is 2.41. The number of hydrogen-bond donors (Lipinski definition) is 3. The number of aliphatic hydroxyl groups excluding tert-OH is 2. The lowest BCUT2D eigenvalue weighted by atomic mass is 9.83. The minimum Gasteiger partial charge on any atom is -0.481 e. The molecule has 0 saturated heterocycles. The molecule has 27 heavy (non-hydrogen) atoms. The highest BCUT2D eigenvalue weighted by molar-refractivity contribution is 6.21. The van der Waals surface area contributed by atoms with E-state index in [1.807, 2.05) is 38.1 Å². The van der Waals surface area contributed by atoms with Crippen molar-refractivity contribution in [3.05, 3.63) is 35.4 Å². The Balaban J connectivity index is 1.95. The van der Waals surface area contributed by atoms with Crippen LogP contribution in [0.15, 0.2) is 24.3 Å². The van der Waals surface area contributed by atoms with Crippen molar-refractivity contribution in [3.8, 4) is 0 Å². The predicted molar refractivity (Wildman–Crippen MR) is 108 cm³/mol. The second-order valence-corrected chi connectivity index (χ2v) is 8.77. The molecule has 1 aromatic carbocycles. The van der Waals surface area contributed by atoms with Gasteiger partial charge in [0.2, 0.25) is 0 Å². The molecular formula is C22H33ClO4. The van der Waals surface area contributed by atoms with Crippen LogP contribution in [-0.2, 0) is 4.79 Å². The van der Waals surface area contributed by atoms with Crippen LogP contribution in [0.5, 0.6) is 0 Å². The van der Waals surface area contributed by atoms with Crippen LogP contribution in [0.4, 0.5) is 0 Å². The number of unbranched alkanes of at least 4 members (excludes halogenated alkanes) is 3. The molecule has 5 atom stereocenters. The van der Waals surface area contributed by atoms with Gasteiger partial charge in [-0.3, -0.25) is 4.79 Å². The number of carbonyl (C=O) groups is 1. The van der Waals surface area contributed by atoms with Crippen molar-refractivity contribution in [2.75, 3.05) is 0 Å². The quantitative estimate of drug-likeness (QED) is 0.389. The number of benzene rings is 1. The summed E-state index contributed by atoms with van der Waals surface area (Å²) in [6.45, 7) is 3.98. The van der Waals surface area contributed by atoms with Crippen LogP contribution >= 0.6 is 11.6 Å². The van der Waals surface area contributed by atoms with Gasteiger partial charge in [-0.05, 0) is 42.2 Å². The van der Waals surface area contributed by atoms with E-state index in [0.29, 0.717) is 6.42 Å². The van der Waals surface area contributed by atoms with E-state index in [4.69, 9.17) is 16.7 Å². The van der Waals surface area contributed by atoms with Gasteiger partial charge in [-0.1, -0.05) is 57.4 Å². The van der Waals surface area contributed by atoms with Gasteiger partial charge in [0.1, 0.15) is 0 Å². The molecule has 1 saturated carbocycles. The first kappa shape index (κ1) is 22.2. The molecule has 3 N–H and O–H groups in total. The van der Waals surface area contributed by atoms with E-state index in [0.717, 1.165) is 43.2 Å².